The predicted molar refractivity (Wildman–Crippen MR) is 117 cm³/mol. The van der Waals surface area contributed by atoms with E-state index in [1.807, 2.05) is 19.1 Å². The third kappa shape index (κ3) is 8.19. The molecule has 0 aliphatic heterocycles. The van der Waals surface area contributed by atoms with E-state index < -0.39 is 0 Å². The molecule has 0 spiro atoms. The highest BCUT2D eigenvalue weighted by Gasteiger charge is 2.11. The fourth-order valence-electron chi connectivity index (χ4n) is 2.30. The Balaban J connectivity index is 2.83. The van der Waals surface area contributed by atoms with E-state index in [2.05, 4.69) is 70.3 Å². The van der Waals surface area contributed by atoms with Crippen LogP contribution in [-0.2, 0) is 19.0 Å². The molecule has 0 aliphatic carbocycles. The highest BCUT2D eigenvalue weighted by molar-refractivity contribution is 7.77. The fourth-order valence-corrected chi connectivity index (χ4v) is 2.53. The maximum atomic E-state index is 7.92. The summed E-state index contributed by atoms with van der Waals surface area (Å²) in [6, 6.07) is 4.22. The van der Waals surface area contributed by atoms with Crippen LogP contribution in [0.5, 0.6) is 5.75 Å². The van der Waals surface area contributed by atoms with Gasteiger partial charge in [0.1, 0.15) is 5.75 Å². The van der Waals surface area contributed by atoms with Crippen molar-refractivity contribution >= 4 is 23.7 Å². The lowest BCUT2D eigenvalue weighted by atomic mass is 9.96. The minimum absolute atomic E-state index is 0.0178. The topological polar surface area (TPSA) is 48.7 Å². The van der Waals surface area contributed by atoms with Crippen molar-refractivity contribution in [2.24, 2.45) is 10.4 Å². The first-order chi connectivity index (χ1) is 12.0. The van der Waals surface area contributed by atoms with Gasteiger partial charge in [-0.05, 0) is 68.1 Å². The average Bonchev–Trinajstić information content (AvgIpc) is 2.53. The molecular formula is C21H34N3OS+. The molecule has 0 heterocycles. The third-order valence-electron chi connectivity index (χ3n) is 4.11. The first-order valence-electron chi connectivity index (χ1n) is 9.06. The largest absolute Gasteiger partial charge is 0.414 e. The quantitative estimate of drug-likeness (QED) is 0.461. The number of nitrogens with one attached hydrogen (secondary N) is 1. The van der Waals surface area contributed by atoms with Crippen LogP contribution >= 0.6 is 0 Å². The predicted octanol–water partition coefficient (Wildman–Crippen LogP) is 4.12. The Hall–Kier alpha value is -1.59. The lowest BCUT2D eigenvalue weighted by Gasteiger charge is -2.16. The summed E-state index contributed by atoms with van der Waals surface area (Å²) in [7, 11) is 2.13. The van der Waals surface area contributed by atoms with E-state index in [0.717, 1.165) is 30.8 Å². The van der Waals surface area contributed by atoms with Crippen molar-refractivity contribution in [2.75, 3.05) is 20.1 Å². The first kappa shape index (κ1) is 22.5. The average molecular weight is 377 g/mol. The number of ether oxygens (including phenoxy) is 1. The molecule has 0 radical (unpaired) electrons. The van der Waals surface area contributed by atoms with Crippen molar-refractivity contribution in [3.05, 3.63) is 41.0 Å². The molecule has 26 heavy (non-hydrogen) atoms. The molecule has 0 aliphatic rings. The monoisotopic (exact) mass is 376 g/mol. The van der Waals surface area contributed by atoms with Crippen LogP contribution in [-0.4, -0.2) is 36.1 Å². The van der Waals surface area contributed by atoms with Crippen molar-refractivity contribution in [3.63, 3.8) is 0 Å². The molecule has 144 valence electrons. The summed E-state index contributed by atoms with van der Waals surface area (Å²) in [5, 5.41) is 8.20. The van der Waals surface area contributed by atoms with Crippen LogP contribution in [0.25, 0.3) is 0 Å². The summed E-state index contributed by atoms with van der Waals surface area (Å²) in [6.07, 6.45) is 4.67. The molecule has 4 nitrogen and oxygen atoms in total. The number of hydrogen-bond acceptors (Lipinski definition) is 3. The minimum atomic E-state index is 0.0178. The van der Waals surface area contributed by atoms with E-state index in [-0.39, 0.29) is 16.5 Å². The van der Waals surface area contributed by atoms with Crippen LogP contribution in [0.4, 0.5) is 0 Å². The van der Waals surface area contributed by atoms with Crippen molar-refractivity contribution in [1.29, 1.82) is 5.41 Å². The second-order valence-electron chi connectivity index (χ2n) is 7.79. The number of aryl methyl sites for hydroxylation is 2. The molecule has 0 amide bonds. The van der Waals surface area contributed by atoms with Gasteiger partial charge in [-0.2, -0.15) is 0 Å². The smallest absolute Gasteiger partial charge is 0.402 e. The lowest BCUT2D eigenvalue weighted by Crippen LogP contribution is -2.20. The normalized spacial score (nSPS) is 12.9. The van der Waals surface area contributed by atoms with Crippen LogP contribution in [0.3, 0.4) is 0 Å². The molecule has 0 saturated heterocycles. The van der Waals surface area contributed by atoms with Gasteiger partial charge < -0.3 is 9.64 Å². The van der Waals surface area contributed by atoms with Gasteiger partial charge in [0.15, 0.2) is 5.84 Å². The van der Waals surface area contributed by atoms with Crippen molar-refractivity contribution < 1.29 is 4.74 Å². The maximum absolute atomic E-state index is 7.92. The number of aliphatic imine (C=N–C) groups is 1. The molecule has 1 aromatic rings. The van der Waals surface area contributed by atoms with Crippen LogP contribution < -0.4 is 4.74 Å². The third-order valence-corrected chi connectivity index (χ3v) is 4.32. The zero-order valence-corrected chi connectivity index (χ0v) is 18.2. The minimum Gasteiger partial charge on any atom is -0.402 e. The fraction of sp³-hybridized carbons (Fsp3) is 0.524. The molecule has 5 heteroatoms. The molecule has 0 bridgehead atoms. The van der Waals surface area contributed by atoms with Gasteiger partial charge in [-0.3, -0.25) is 5.41 Å². The number of hydrogen-bond donors (Lipinski definition) is 1. The van der Waals surface area contributed by atoms with Gasteiger partial charge in [-0.25, -0.2) is 0 Å². The Bertz CT molecular complexity index is 687. The maximum Gasteiger partial charge on any atom is 0.414 e. The van der Waals surface area contributed by atoms with Crippen molar-refractivity contribution in [1.82, 2.24) is 4.90 Å². The van der Waals surface area contributed by atoms with Gasteiger partial charge >= 0.3 is 5.23 Å². The number of likely N-dealkylation sites (N-methyl/N-ethyl adjacent to an activating group) is 1. The number of benzene rings is 1. The molecule has 0 unspecified atom stereocenters. The van der Waals surface area contributed by atoms with E-state index in [9.17, 15) is 0 Å². The Morgan fingerprint density at radius 1 is 1.27 bits per heavy atom. The molecule has 1 aromatic carbocycles. The van der Waals surface area contributed by atoms with Gasteiger partial charge in [0.05, 0.1) is 12.6 Å². The highest BCUT2D eigenvalue weighted by atomic mass is 32.1. The van der Waals surface area contributed by atoms with Crippen LogP contribution in [0, 0.1) is 24.7 Å². The standard InChI is InChI=1S/C21H33N3OS/c1-8-24(7)12-10-17-13-16(3)18(14-15(17)2)25-20(26)23-19(22)9-11-21(4,5)6/h9,11,13-14H,8,10,12H2,1-7H3,(H2,22,23,26)/p+1/b11-9+. The second-order valence-corrected chi connectivity index (χ2v) is 8.22. The van der Waals surface area contributed by atoms with E-state index in [0.29, 0.717) is 0 Å². The Morgan fingerprint density at radius 3 is 2.50 bits per heavy atom. The number of rotatable bonds is 6. The number of amidine groups is 1. The SMILES string of the molecule is CCN(C)CCc1cc(C)c(OC([SH2+])=NC(=N)/C=C/C(C)(C)C)cc1C. The molecule has 1 rings (SSSR count). The Morgan fingerprint density at radius 2 is 1.92 bits per heavy atom. The number of allylic oxidation sites excluding steroid dienone is 1. The van der Waals surface area contributed by atoms with Crippen molar-refractivity contribution in [2.45, 2.75) is 48.0 Å². The molecule has 0 aromatic heterocycles. The van der Waals surface area contributed by atoms with Gasteiger partial charge in [-0.1, -0.05) is 39.8 Å². The molecule has 1 N–H and O–H groups in total. The summed E-state index contributed by atoms with van der Waals surface area (Å²) < 4.78 is 5.81. The lowest BCUT2D eigenvalue weighted by molar-refractivity contribution is 0.357. The van der Waals surface area contributed by atoms with Gasteiger partial charge in [0.2, 0.25) is 0 Å². The van der Waals surface area contributed by atoms with Gasteiger partial charge in [0.25, 0.3) is 0 Å². The van der Waals surface area contributed by atoms with Gasteiger partial charge in [0, 0.05) is 6.54 Å². The molecule has 0 fully saturated rings. The summed E-state index contributed by atoms with van der Waals surface area (Å²) in [4.78, 5) is 6.44. The van der Waals surface area contributed by atoms with E-state index in [1.165, 1.54) is 11.1 Å². The van der Waals surface area contributed by atoms with Crippen LogP contribution in [0.2, 0.25) is 0 Å². The van der Waals surface area contributed by atoms with E-state index >= 15 is 0 Å². The zero-order valence-electron chi connectivity index (χ0n) is 17.2. The first-order valence-corrected chi connectivity index (χ1v) is 9.56. The summed E-state index contributed by atoms with van der Waals surface area (Å²) in [6.45, 7) is 14.6. The summed E-state index contributed by atoms with van der Waals surface area (Å²) >= 11 is 3.38. The Labute approximate surface area is 164 Å². The molecule has 0 saturated carbocycles. The summed E-state index contributed by atoms with van der Waals surface area (Å²) in [5.41, 5.74) is 3.62. The second kappa shape index (κ2) is 9.93. The number of nitrogens with zero attached hydrogens (tertiary/aromatic N) is 2. The van der Waals surface area contributed by atoms with Crippen molar-refractivity contribution in [3.8, 4) is 5.75 Å². The van der Waals surface area contributed by atoms with Crippen LogP contribution in [0.1, 0.15) is 44.4 Å². The zero-order chi connectivity index (χ0) is 19.9. The van der Waals surface area contributed by atoms with Crippen LogP contribution in [0.15, 0.2) is 29.3 Å². The molecule has 0 atom stereocenters. The highest BCUT2D eigenvalue weighted by Crippen LogP contribution is 2.24. The molecular weight excluding hydrogens is 342 g/mol. The van der Waals surface area contributed by atoms with Gasteiger partial charge in [-0.15, -0.1) is 4.99 Å². The van der Waals surface area contributed by atoms with E-state index in [4.69, 9.17) is 10.1 Å². The van der Waals surface area contributed by atoms with E-state index in [1.54, 1.807) is 6.08 Å². The summed E-state index contributed by atoms with van der Waals surface area (Å²) in [5.74, 6) is 0.912. The Kier molecular flexibility index (Phi) is 8.57.